The molecule has 0 spiro atoms. The Hall–Kier alpha value is -1.61. The lowest BCUT2D eigenvalue weighted by molar-refractivity contribution is -0.138. The van der Waals surface area contributed by atoms with Crippen LogP contribution in [0.25, 0.3) is 0 Å². The molecule has 0 unspecified atom stereocenters. The number of aliphatic hydroxyl groups excluding tert-OH is 1. The highest BCUT2D eigenvalue weighted by Crippen LogP contribution is 2.12. The number of ether oxygens (including phenoxy) is 1. The van der Waals surface area contributed by atoms with Crippen LogP contribution in [0.1, 0.15) is 19.4 Å². The SMILES string of the molecule is CCOC(=O)/C(C)=C/[C@@H](CO)Cc1ccccc1. The number of hydrogen-bond donors (Lipinski definition) is 1. The van der Waals surface area contributed by atoms with Gasteiger partial charge in [0, 0.05) is 18.1 Å². The van der Waals surface area contributed by atoms with E-state index in [0.717, 1.165) is 5.56 Å². The van der Waals surface area contributed by atoms with Crippen molar-refractivity contribution in [3.05, 3.63) is 47.5 Å². The maximum atomic E-state index is 11.5. The third-order valence-electron chi connectivity index (χ3n) is 2.66. The number of aliphatic hydroxyl groups is 1. The van der Waals surface area contributed by atoms with E-state index >= 15 is 0 Å². The van der Waals surface area contributed by atoms with Crippen molar-refractivity contribution < 1.29 is 14.6 Å². The van der Waals surface area contributed by atoms with Crippen molar-refractivity contribution in [1.29, 1.82) is 0 Å². The van der Waals surface area contributed by atoms with Gasteiger partial charge < -0.3 is 9.84 Å². The first-order valence-corrected chi connectivity index (χ1v) is 6.17. The summed E-state index contributed by atoms with van der Waals surface area (Å²) in [6.45, 7) is 3.88. The lowest BCUT2D eigenvalue weighted by Crippen LogP contribution is -2.11. The molecule has 98 valence electrons. The first kappa shape index (κ1) is 14.5. The molecule has 1 aromatic carbocycles. The Kier molecular flexibility index (Phi) is 6.15. The molecule has 1 rings (SSSR count). The average molecular weight is 248 g/mol. The van der Waals surface area contributed by atoms with Crippen LogP contribution < -0.4 is 0 Å². The summed E-state index contributed by atoms with van der Waals surface area (Å²) in [5.74, 6) is -0.374. The number of benzene rings is 1. The fraction of sp³-hybridized carbons (Fsp3) is 0.400. The Morgan fingerprint density at radius 1 is 1.39 bits per heavy atom. The fourth-order valence-electron chi connectivity index (χ4n) is 1.76. The fourth-order valence-corrected chi connectivity index (χ4v) is 1.76. The van der Waals surface area contributed by atoms with Gasteiger partial charge in [0.2, 0.25) is 0 Å². The summed E-state index contributed by atoms with van der Waals surface area (Å²) >= 11 is 0. The van der Waals surface area contributed by atoms with Gasteiger partial charge in [0.15, 0.2) is 0 Å². The largest absolute Gasteiger partial charge is 0.463 e. The molecule has 0 radical (unpaired) electrons. The Balaban J connectivity index is 2.67. The van der Waals surface area contributed by atoms with E-state index in [-0.39, 0.29) is 18.5 Å². The van der Waals surface area contributed by atoms with E-state index in [1.54, 1.807) is 19.9 Å². The molecule has 1 N–H and O–H groups in total. The predicted octanol–water partition coefficient (Wildman–Crippen LogP) is 2.35. The minimum Gasteiger partial charge on any atom is -0.463 e. The van der Waals surface area contributed by atoms with Crippen molar-refractivity contribution >= 4 is 5.97 Å². The average Bonchev–Trinajstić information content (AvgIpc) is 2.39. The molecule has 0 fully saturated rings. The summed E-state index contributed by atoms with van der Waals surface area (Å²) in [7, 11) is 0. The maximum Gasteiger partial charge on any atom is 0.333 e. The van der Waals surface area contributed by atoms with E-state index in [0.29, 0.717) is 18.6 Å². The molecule has 0 heterocycles. The number of carbonyl (C=O) groups excluding carboxylic acids is 1. The van der Waals surface area contributed by atoms with Crippen LogP contribution >= 0.6 is 0 Å². The lowest BCUT2D eigenvalue weighted by atomic mass is 9.98. The normalized spacial score (nSPS) is 13.2. The molecule has 18 heavy (non-hydrogen) atoms. The highest BCUT2D eigenvalue weighted by Gasteiger charge is 2.10. The molecule has 0 aliphatic carbocycles. The van der Waals surface area contributed by atoms with E-state index < -0.39 is 0 Å². The number of rotatable bonds is 6. The minimum atomic E-state index is -0.316. The van der Waals surface area contributed by atoms with Crippen LogP contribution in [0.2, 0.25) is 0 Å². The van der Waals surface area contributed by atoms with E-state index in [4.69, 9.17) is 4.74 Å². The van der Waals surface area contributed by atoms with E-state index in [1.807, 2.05) is 30.3 Å². The van der Waals surface area contributed by atoms with Gasteiger partial charge >= 0.3 is 5.97 Å². The highest BCUT2D eigenvalue weighted by molar-refractivity contribution is 5.87. The van der Waals surface area contributed by atoms with Crippen LogP contribution in [0.15, 0.2) is 42.0 Å². The summed E-state index contributed by atoms with van der Waals surface area (Å²) < 4.78 is 4.91. The third kappa shape index (κ3) is 4.72. The van der Waals surface area contributed by atoms with Crippen LogP contribution in [0.5, 0.6) is 0 Å². The van der Waals surface area contributed by atoms with Gasteiger partial charge in [0.1, 0.15) is 0 Å². The molecule has 0 aliphatic heterocycles. The number of carbonyl (C=O) groups is 1. The van der Waals surface area contributed by atoms with Crippen LogP contribution in [0.3, 0.4) is 0 Å². The van der Waals surface area contributed by atoms with Crippen molar-refractivity contribution in [2.75, 3.05) is 13.2 Å². The zero-order valence-corrected chi connectivity index (χ0v) is 10.9. The van der Waals surface area contributed by atoms with Crippen molar-refractivity contribution in [3.63, 3.8) is 0 Å². The predicted molar refractivity (Wildman–Crippen MR) is 71.1 cm³/mol. The Morgan fingerprint density at radius 2 is 2.06 bits per heavy atom. The maximum absolute atomic E-state index is 11.5. The standard InChI is InChI=1S/C15H20O3/c1-3-18-15(17)12(2)9-14(11-16)10-13-7-5-4-6-8-13/h4-9,14,16H,3,10-11H2,1-2H3/b12-9+/t14-/m1/s1. The van der Waals surface area contributed by atoms with Gasteiger partial charge in [0.05, 0.1) is 6.61 Å². The van der Waals surface area contributed by atoms with Crippen LogP contribution in [0, 0.1) is 5.92 Å². The van der Waals surface area contributed by atoms with Crippen molar-refractivity contribution in [1.82, 2.24) is 0 Å². The number of hydrogen-bond acceptors (Lipinski definition) is 3. The second-order valence-electron chi connectivity index (χ2n) is 4.20. The third-order valence-corrected chi connectivity index (χ3v) is 2.66. The lowest BCUT2D eigenvalue weighted by Gasteiger charge is -2.11. The summed E-state index contributed by atoms with van der Waals surface area (Å²) in [4.78, 5) is 11.5. The zero-order valence-electron chi connectivity index (χ0n) is 10.9. The molecule has 1 aromatic rings. The van der Waals surface area contributed by atoms with Gasteiger partial charge in [-0.3, -0.25) is 0 Å². The Labute approximate surface area is 108 Å². The van der Waals surface area contributed by atoms with Crippen molar-refractivity contribution in [2.24, 2.45) is 5.92 Å². The number of esters is 1. The highest BCUT2D eigenvalue weighted by atomic mass is 16.5. The van der Waals surface area contributed by atoms with Gasteiger partial charge in [-0.15, -0.1) is 0 Å². The molecule has 1 atom stereocenters. The molecule has 0 aromatic heterocycles. The summed E-state index contributed by atoms with van der Waals surface area (Å²) in [6, 6.07) is 9.90. The van der Waals surface area contributed by atoms with Crippen LogP contribution in [-0.4, -0.2) is 24.3 Å². The smallest absolute Gasteiger partial charge is 0.333 e. The monoisotopic (exact) mass is 248 g/mol. The zero-order chi connectivity index (χ0) is 13.4. The molecule has 0 saturated carbocycles. The van der Waals surface area contributed by atoms with Gasteiger partial charge in [-0.2, -0.15) is 0 Å². The van der Waals surface area contributed by atoms with E-state index in [2.05, 4.69) is 0 Å². The Bertz CT molecular complexity index is 395. The first-order chi connectivity index (χ1) is 8.67. The van der Waals surface area contributed by atoms with Gasteiger partial charge in [-0.1, -0.05) is 36.4 Å². The van der Waals surface area contributed by atoms with E-state index in [9.17, 15) is 9.90 Å². The van der Waals surface area contributed by atoms with Gasteiger partial charge in [-0.05, 0) is 25.8 Å². The van der Waals surface area contributed by atoms with Crippen LogP contribution in [-0.2, 0) is 16.0 Å². The molecule has 0 aliphatic rings. The molecule has 0 amide bonds. The van der Waals surface area contributed by atoms with Crippen molar-refractivity contribution in [3.8, 4) is 0 Å². The molecule has 0 saturated heterocycles. The molecule has 3 nitrogen and oxygen atoms in total. The quantitative estimate of drug-likeness (QED) is 0.621. The van der Waals surface area contributed by atoms with Gasteiger partial charge in [-0.25, -0.2) is 4.79 Å². The summed E-state index contributed by atoms with van der Waals surface area (Å²) in [5.41, 5.74) is 1.69. The minimum absolute atomic E-state index is 0.0195. The van der Waals surface area contributed by atoms with Gasteiger partial charge in [0.25, 0.3) is 0 Å². The summed E-state index contributed by atoms with van der Waals surface area (Å²) in [6.07, 6.45) is 2.50. The molecule has 3 heteroatoms. The van der Waals surface area contributed by atoms with Crippen molar-refractivity contribution in [2.45, 2.75) is 20.3 Å². The van der Waals surface area contributed by atoms with Crippen LogP contribution in [0.4, 0.5) is 0 Å². The summed E-state index contributed by atoms with van der Waals surface area (Å²) in [5, 5.41) is 9.35. The first-order valence-electron chi connectivity index (χ1n) is 6.17. The molecular weight excluding hydrogens is 228 g/mol. The topological polar surface area (TPSA) is 46.5 Å². The second kappa shape index (κ2) is 7.67. The second-order valence-corrected chi connectivity index (χ2v) is 4.20. The Morgan fingerprint density at radius 3 is 2.61 bits per heavy atom. The van der Waals surface area contributed by atoms with E-state index in [1.165, 1.54) is 0 Å². The molecular formula is C15H20O3. The molecule has 0 bridgehead atoms.